The third kappa shape index (κ3) is 4.43. The molecule has 0 bridgehead atoms. The molecule has 3 aromatic rings. The number of anilines is 3. The molecule has 1 saturated heterocycles. The van der Waals surface area contributed by atoms with Crippen LogP contribution in [0.1, 0.15) is 17.3 Å². The van der Waals surface area contributed by atoms with Crippen molar-refractivity contribution in [3.63, 3.8) is 0 Å². The lowest BCUT2D eigenvalue weighted by atomic mass is 10.2. The first-order valence-corrected chi connectivity index (χ1v) is 9.61. The third-order valence-electron chi connectivity index (χ3n) is 4.68. The molecule has 1 atom stereocenters. The van der Waals surface area contributed by atoms with Crippen molar-refractivity contribution in [1.82, 2.24) is 24.9 Å². The summed E-state index contributed by atoms with van der Waals surface area (Å²) in [5, 5.41) is 3.00. The van der Waals surface area contributed by atoms with Crippen LogP contribution < -0.4 is 15.1 Å². The monoisotopic (exact) mass is 428 g/mol. The Morgan fingerprint density at radius 2 is 1.87 bits per heavy atom. The van der Waals surface area contributed by atoms with Crippen molar-refractivity contribution in [2.75, 3.05) is 34.8 Å². The predicted molar refractivity (Wildman–Crippen MR) is 110 cm³/mol. The molecule has 4 rings (SSSR count). The molecule has 1 aliphatic rings. The Morgan fingerprint density at radius 3 is 2.50 bits per heavy atom. The van der Waals surface area contributed by atoms with Gasteiger partial charge in [-0.05, 0) is 19.1 Å². The quantitative estimate of drug-likeness (QED) is 0.632. The fourth-order valence-corrected chi connectivity index (χ4v) is 3.29. The van der Waals surface area contributed by atoms with Gasteiger partial charge >= 0.3 is 0 Å². The van der Waals surface area contributed by atoms with E-state index in [1.807, 2.05) is 4.90 Å². The molecule has 9 nitrogen and oxygen atoms in total. The number of hydrogen-bond acceptors (Lipinski definition) is 8. The highest BCUT2D eigenvalue weighted by atomic mass is 35.5. The maximum absolute atomic E-state index is 13.0. The summed E-state index contributed by atoms with van der Waals surface area (Å²) < 4.78 is 13.0. The summed E-state index contributed by atoms with van der Waals surface area (Å²) in [4.78, 5) is 37.1. The summed E-state index contributed by atoms with van der Waals surface area (Å²) >= 11 is 5.73. The number of aromatic nitrogens is 5. The van der Waals surface area contributed by atoms with E-state index in [1.54, 1.807) is 18.3 Å². The first kappa shape index (κ1) is 19.9. The Hall–Kier alpha value is -3.40. The van der Waals surface area contributed by atoms with Gasteiger partial charge in [0.1, 0.15) is 11.0 Å². The molecule has 0 spiro atoms. The zero-order valence-electron chi connectivity index (χ0n) is 16.0. The summed E-state index contributed by atoms with van der Waals surface area (Å²) in [6, 6.07) is 3.24. The van der Waals surface area contributed by atoms with E-state index in [1.165, 1.54) is 12.4 Å². The molecule has 0 aliphatic carbocycles. The van der Waals surface area contributed by atoms with Crippen molar-refractivity contribution in [2.45, 2.75) is 13.0 Å². The van der Waals surface area contributed by atoms with Crippen molar-refractivity contribution >= 4 is 35.1 Å². The first-order chi connectivity index (χ1) is 14.5. The fraction of sp³-hybridized carbons (Fsp3) is 0.263. The number of amides is 1. The van der Waals surface area contributed by atoms with Gasteiger partial charge in [0.2, 0.25) is 5.95 Å². The van der Waals surface area contributed by atoms with Crippen LogP contribution in [0, 0.1) is 5.82 Å². The van der Waals surface area contributed by atoms with E-state index in [4.69, 9.17) is 11.6 Å². The maximum atomic E-state index is 13.0. The van der Waals surface area contributed by atoms with Crippen LogP contribution in [0.25, 0.3) is 0 Å². The molecule has 1 N–H and O–H groups in total. The lowest BCUT2D eigenvalue weighted by molar-refractivity contribution is 0.102. The molecule has 0 unspecified atom stereocenters. The number of halogens is 2. The molecular formula is C19H18ClFN8O. The molecule has 1 fully saturated rings. The third-order valence-corrected chi connectivity index (χ3v) is 4.90. The summed E-state index contributed by atoms with van der Waals surface area (Å²) in [5.74, 6) is 0.740. The standard InChI is InChI=1S/C19H18ClFN8O/c1-12-11-28(19-25-7-14(21)8-26-19)4-5-29(12)17-10-23-16(9-24-17)27-18(30)13-2-3-15(20)22-6-13/h2-3,6-10,12H,4-5,11H2,1H3,(H,23,27,30)/t12-/m0/s1. The lowest BCUT2D eigenvalue weighted by Gasteiger charge is -2.40. The van der Waals surface area contributed by atoms with Gasteiger partial charge in [-0.15, -0.1) is 0 Å². The molecule has 30 heavy (non-hydrogen) atoms. The van der Waals surface area contributed by atoms with Crippen molar-refractivity contribution in [1.29, 1.82) is 0 Å². The average Bonchev–Trinajstić information content (AvgIpc) is 2.75. The Morgan fingerprint density at radius 1 is 1.07 bits per heavy atom. The molecular weight excluding hydrogens is 411 g/mol. The van der Waals surface area contributed by atoms with Gasteiger partial charge < -0.3 is 15.1 Å². The maximum Gasteiger partial charge on any atom is 0.258 e. The number of nitrogens with one attached hydrogen (secondary N) is 1. The number of carbonyl (C=O) groups is 1. The molecule has 154 valence electrons. The molecule has 0 radical (unpaired) electrons. The normalized spacial score (nSPS) is 16.4. The van der Waals surface area contributed by atoms with Crippen molar-refractivity contribution in [2.24, 2.45) is 0 Å². The molecule has 1 aliphatic heterocycles. The first-order valence-electron chi connectivity index (χ1n) is 9.23. The molecule has 0 aromatic carbocycles. The van der Waals surface area contributed by atoms with Gasteiger partial charge in [0.25, 0.3) is 5.91 Å². The van der Waals surface area contributed by atoms with Crippen molar-refractivity contribution in [3.8, 4) is 0 Å². The summed E-state index contributed by atoms with van der Waals surface area (Å²) in [5.41, 5.74) is 0.373. The van der Waals surface area contributed by atoms with Gasteiger partial charge in [-0.3, -0.25) is 4.79 Å². The predicted octanol–water partition coefficient (Wildman–Crippen LogP) is 2.42. The number of carbonyl (C=O) groups excluding carboxylic acids is 1. The van der Waals surface area contributed by atoms with Gasteiger partial charge in [-0.25, -0.2) is 29.3 Å². The van der Waals surface area contributed by atoms with Gasteiger partial charge in [0, 0.05) is 31.9 Å². The zero-order chi connectivity index (χ0) is 21.1. The van der Waals surface area contributed by atoms with Crippen molar-refractivity contribution in [3.05, 3.63) is 59.7 Å². The molecule has 1 amide bonds. The van der Waals surface area contributed by atoms with E-state index >= 15 is 0 Å². The Labute approximate surface area is 177 Å². The van der Waals surface area contributed by atoms with Gasteiger partial charge in [0.05, 0.1) is 30.4 Å². The second-order valence-corrected chi connectivity index (χ2v) is 7.16. The summed E-state index contributed by atoms with van der Waals surface area (Å²) in [7, 11) is 0. The number of hydrogen-bond donors (Lipinski definition) is 1. The minimum Gasteiger partial charge on any atom is -0.349 e. The van der Waals surface area contributed by atoms with Gasteiger partial charge in [-0.1, -0.05) is 11.6 Å². The van der Waals surface area contributed by atoms with Crippen LogP contribution in [0.4, 0.5) is 22.0 Å². The van der Waals surface area contributed by atoms with Crippen LogP contribution in [0.5, 0.6) is 0 Å². The molecule has 3 aromatic heterocycles. The van der Waals surface area contributed by atoms with Crippen LogP contribution in [-0.2, 0) is 0 Å². The van der Waals surface area contributed by atoms with E-state index in [0.29, 0.717) is 47.9 Å². The largest absolute Gasteiger partial charge is 0.349 e. The Balaban J connectivity index is 1.38. The number of nitrogens with zero attached hydrogens (tertiary/aromatic N) is 7. The van der Waals surface area contributed by atoms with E-state index in [9.17, 15) is 9.18 Å². The second-order valence-electron chi connectivity index (χ2n) is 6.77. The highest BCUT2D eigenvalue weighted by molar-refractivity contribution is 6.29. The van der Waals surface area contributed by atoms with Crippen molar-refractivity contribution < 1.29 is 9.18 Å². The van der Waals surface area contributed by atoms with Crippen LogP contribution in [0.15, 0.2) is 43.1 Å². The summed E-state index contributed by atoms with van der Waals surface area (Å²) in [6.45, 7) is 4.06. The van der Waals surface area contributed by atoms with E-state index in [2.05, 4.69) is 42.1 Å². The minimum atomic E-state index is -0.458. The van der Waals surface area contributed by atoms with E-state index in [0.717, 1.165) is 12.4 Å². The number of piperazine rings is 1. The fourth-order valence-electron chi connectivity index (χ4n) is 3.18. The average molecular weight is 429 g/mol. The van der Waals surface area contributed by atoms with E-state index < -0.39 is 5.82 Å². The molecule has 4 heterocycles. The van der Waals surface area contributed by atoms with Crippen LogP contribution in [0.3, 0.4) is 0 Å². The van der Waals surface area contributed by atoms with Crippen LogP contribution in [0.2, 0.25) is 5.15 Å². The van der Waals surface area contributed by atoms with Gasteiger partial charge in [-0.2, -0.15) is 0 Å². The van der Waals surface area contributed by atoms with Crippen LogP contribution in [-0.4, -0.2) is 56.5 Å². The lowest BCUT2D eigenvalue weighted by Crippen LogP contribution is -2.53. The Bertz CT molecular complexity index is 1020. The SMILES string of the molecule is C[C@H]1CN(c2ncc(F)cn2)CCN1c1cnc(NC(=O)c2ccc(Cl)nc2)cn1. The minimum absolute atomic E-state index is 0.113. The highest BCUT2D eigenvalue weighted by Gasteiger charge is 2.26. The smallest absolute Gasteiger partial charge is 0.258 e. The highest BCUT2D eigenvalue weighted by Crippen LogP contribution is 2.21. The van der Waals surface area contributed by atoms with E-state index in [-0.39, 0.29) is 11.9 Å². The zero-order valence-corrected chi connectivity index (χ0v) is 16.8. The molecule has 0 saturated carbocycles. The second kappa shape index (κ2) is 8.54. The summed E-state index contributed by atoms with van der Waals surface area (Å²) in [6.07, 6.45) is 6.86. The number of rotatable bonds is 4. The van der Waals surface area contributed by atoms with Crippen LogP contribution >= 0.6 is 11.6 Å². The Kier molecular flexibility index (Phi) is 5.66. The molecule has 11 heteroatoms. The topological polar surface area (TPSA) is 100 Å². The number of pyridine rings is 1. The van der Waals surface area contributed by atoms with Gasteiger partial charge in [0.15, 0.2) is 11.6 Å².